The van der Waals surface area contributed by atoms with E-state index in [0.29, 0.717) is 25.0 Å². The SMILES string of the molecule is CCCCOc1noc2c1C(=O)[C@@]1(O[Si](C)(C)C(C)(C)C)C(O)=C3C(=O)c4ccccc4C[C@H]3C[C@H]1[C@@H]2N. The highest BCUT2D eigenvalue weighted by atomic mass is 28.4. The highest BCUT2D eigenvalue weighted by Crippen LogP contribution is 2.57. The van der Waals surface area contributed by atoms with E-state index in [9.17, 15) is 14.7 Å². The number of hydrogen-bond donors (Lipinski definition) is 2. The Morgan fingerprint density at radius 3 is 2.63 bits per heavy atom. The summed E-state index contributed by atoms with van der Waals surface area (Å²) < 4.78 is 18.4. The van der Waals surface area contributed by atoms with E-state index in [2.05, 4.69) is 25.9 Å². The third-order valence-electron chi connectivity index (χ3n) is 9.00. The van der Waals surface area contributed by atoms with Gasteiger partial charge in [-0.2, -0.15) is 0 Å². The maximum atomic E-state index is 14.6. The Morgan fingerprint density at radius 2 is 1.95 bits per heavy atom. The van der Waals surface area contributed by atoms with Gasteiger partial charge in [-0.25, -0.2) is 0 Å². The molecule has 4 atom stereocenters. The summed E-state index contributed by atoms with van der Waals surface area (Å²) in [5, 5.41) is 15.9. The summed E-state index contributed by atoms with van der Waals surface area (Å²) in [5.41, 5.74) is 6.86. The predicted octanol–water partition coefficient (Wildman–Crippen LogP) is 5.70. The van der Waals surface area contributed by atoms with Gasteiger partial charge in [-0.05, 0) is 54.0 Å². The van der Waals surface area contributed by atoms with Gasteiger partial charge in [-0.3, -0.25) is 9.59 Å². The number of rotatable bonds is 6. The van der Waals surface area contributed by atoms with E-state index in [1.54, 1.807) is 6.07 Å². The molecule has 8 nitrogen and oxygen atoms in total. The van der Waals surface area contributed by atoms with Crippen molar-refractivity contribution in [3.8, 4) is 5.88 Å². The van der Waals surface area contributed by atoms with Gasteiger partial charge in [0.05, 0.1) is 12.6 Å². The van der Waals surface area contributed by atoms with Crippen LogP contribution in [0.5, 0.6) is 5.88 Å². The summed E-state index contributed by atoms with van der Waals surface area (Å²) in [6.07, 6.45) is 2.66. The number of allylic oxidation sites excluding steroid dienone is 1. The van der Waals surface area contributed by atoms with E-state index in [1.807, 2.05) is 38.2 Å². The van der Waals surface area contributed by atoms with Gasteiger partial charge < -0.3 is 24.5 Å². The molecule has 3 aliphatic rings. The van der Waals surface area contributed by atoms with Crippen molar-refractivity contribution in [3.05, 3.63) is 58.0 Å². The number of benzene rings is 1. The molecule has 0 radical (unpaired) electrons. The number of unbranched alkanes of at least 4 members (excludes halogenated alkanes) is 1. The number of nitrogens with zero attached hydrogens (tertiary/aromatic N) is 1. The standard InChI is InChI=1S/C29H38N2O6Si/c1-7-8-13-35-27-21-24(36-31-27)22(30)19-15-17-14-16-11-9-10-12-18(16)23(32)20(17)25(33)29(19,26(21)34)37-38(5,6)28(2,3)4/h9-12,17,19,22,33H,7-8,13-15,30H2,1-6H3/t17-,19-,22-,29-/m0/s1. The Balaban J connectivity index is 1.73. The number of aromatic nitrogens is 1. The number of aliphatic hydroxyl groups excluding tert-OH is 1. The molecule has 0 unspecified atom stereocenters. The smallest absolute Gasteiger partial charge is 0.265 e. The lowest BCUT2D eigenvalue weighted by molar-refractivity contribution is -0.0273. The molecule has 0 spiro atoms. The van der Waals surface area contributed by atoms with Gasteiger partial charge in [0, 0.05) is 17.1 Å². The largest absolute Gasteiger partial charge is 0.508 e. The van der Waals surface area contributed by atoms with Crippen LogP contribution in [-0.4, -0.2) is 42.4 Å². The van der Waals surface area contributed by atoms with Crippen molar-refractivity contribution in [3.63, 3.8) is 0 Å². The van der Waals surface area contributed by atoms with E-state index in [0.717, 1.165) is 18.4 Å². The number of fused-ring (bicyclic) bond motifs is 4. The minimum atomic E-state index is -2.70. The Hall–Kier alpha value is -2.75. The summed E-state index contributed by atoms with van der Waals surface area (Å²) in [7, 11) is -2.70. The molecule has 0 saturated carbocycles. The molecule has 3 aliphatic carbocycles. The first-order valence-electron chi connectivity index (χ1n) is 13.5. The monoisotopic (exact) mass is 538 g/mol. The second-order valence-corrected chi connectivity index (χ2v) is 17.1. The maximum Gasteiger partial charge on any atom is 0.265 e. The first-order chi connectivity index (χ1) is 17.8. The van der Waals surface area contributed by atoms with Crippen LogP contribution < -0.4 is 10.5 Å². The lowest BCUT2D eigenvalue weighted by atomic mass is 9.59. The summed E-state index contributed by atoms with van der Waals surface area (Å²) in [6, 6.07) is 6.65. The number of carbonyl (C=O) groups is 2. The zero-order valence-corrected chi connectivity index (χ0v) is 24.1. The molecule has 38 heavy (non-hydrogen) atoms. The molecule has 0 aliphatic heterocycles. The number of nitrogens with two attached hydrogens (primary N) is 1. The second kappa shape index (κ2) is 9.17. The summed E-state index contributed by atoms with van der Waals surface area (Å²) >= 11 is 0. The van der Waals surface area contributed by atoms with Crippen LogP contribution in [0.1, 0.15) is 85.0 Å². The van der Waals surface area contributed by atoms with Crippen LogP contribution in [0.3, 0.4) is 0 Å². The van der Waals surface area contributed by atoms with E-state index in [4.69, 9.17) is 19.4 Å². The average Bonchev–Trinajstić information content (AvgIpc) is 3.27. The molecular formula is C29H38N2O6Si. The first-order valence-corrected chi connectivity index (χ1v) is 16.4. The van der Waals surface area contributed by atoms with Crippen LogP contribution in [0.2, 0.25) is 18.1 Å². The van der Waals surface area contributed by atoms with Gasteiger partial charge in [0.25, 0.3) is 5.88 Å². The second-order valence-electron chi connectivity index (χ2n) is 12.4. The Bertz CT molecular complexity index is 1320. The molecular weight excluding hydrogens is 500 g/mol. The number of Topliss-reactive ketones (excluding diaryl/α,β-unsaturated/α-hetero) is 2. The van der Waals surface area contributed by atoms with Crippen LogP contribution in [0.15, 0.2) is 40.1 Å². The molecule has 204 valence electrons. The zero-order chi connectivity index (χ0) is 27.6. The summed E-state index contributed by atoms with van der Waals surface area (Å²) in [6.45, 7) is 12.7. The fourth-order valence-electron chi connectivity index (χ4n) is 5.87. The van der Waals surface area contributed by atoms with Crippen LogP contribution >= 0.6 is 0 Å². The van der Waals surface area contributed by atoms with Crippen LogP contribution in [0.4, 0.5) is 0 Å². The third-order valence-corrected chi connectivity index (χ3v) is 13.4. The predicted molar refractivity (Wildman–Crippen MR) is 145 cm³/mol. The lowest BCUT2D eigenvalue weighted by Gasteiger charge is -2.53. The molecule has 1 aromatic carbocycles. The molecule has 1 heterocycles. The third kappa shape index (κ3) is 3.81. The lowest BCUT2D eigenvalue weighted by Crippen LogP contribution is -2.64. The van der Waals surface area contributed by atoms with Crippen molar-refractivity contribution in [1.82, 2.24) is 5.16 Å². The molecule has 2 aromatic rings. The minimum absolute atomic E-state index is 0.0609. The number of ether oxygens (including phenoxy) is 1. The molecule has 3 N–H and O–H groups in total. The van der Waals surface area contributed by atoms with Crippen molar-refractivity contribution in [2.24, 2.45) is 17.6 Å². The van der Waals surface area contributed by atoms with Gasteiger partial charge in [-0.15, -0.1) is 0 Å². The Morgan fingerprint density at radius 1 is 1.24 bits per heavy atom. The van der Waals surface area contributed by atoms with Crippen LogP contribution in [-0.2, 0) is 10.8 Å². The zero-order valence-electron chi connectivity index (χ0n) is 23.1. The number of hydrogen-bond acceptors (Lipinski definition) is 8. The van der Waals surface area contributed by atoms with E-state index in [-0.39, 0.29) is 45.3 Å². The van der Waals surface area contributed by atoms with Crippen molar-refractivity contribution in [2.75, 3.05) is 6.61 Å². The molecule has 9 heteroatoms. The summed E-state index contributed by atoms with van der Waals surface area (Å²) in [5.74, 6) is -1.68. The quantitative estimate of drug-likeness (QED) is 0.355. The van der Waals surface area contributed by atoms with Gasteiger partial charge in [0.2, 0.25) is 5.78 Å². The van der Waals surface area contributed by atoms with Crippen molar-refractivity contribution < 1.29 is 28.4 Å². The van der Waals surface area contributed by atoms with E-state index < -0.39 is 31.7 Å². The average molecular weight is 539 g/mol. The number of carbonyl (C=O) groups excluding carboxylic acids is 2. The molecule has 0 bridgehead atoms. The van der Waals surface area contributed by atoms with Crippen molar-refractivity contribution in [1.29, 1.82) is 0 Å². The van der Waals surface area contributed by atoms with Gasteiger partial charge in [0.15, 0.2) is 25.5 Å². The molecule has 5 rings (SSSR count). The topological polar surface area (TPSA) is 125 Å². The highest BCUT2D eigenvalue weighted by Gasteiger charge is 2.66. The van der Waals surface area contributed by atoms with Crippen LogP contribution in [0.25, 0.3) is 0 Å². The van der Waals surface area contributed by atoms with Gasteiger partial charge in [-0.1, -0.05) is 58.4 Å². The maximum absolute atomic E-state index is 14.6. The highest BCUT2D eigenvalue weighted by molar-refractivity contribution is 6.74. The molecule has 0 amide bonds. The number of aliphatic hydroxyl groups is 1. The van der Waals surface area contributed by atoms with E-state index in [1.165, 1.54) is 0 Å². The van der Waals surface area contributed by atoms with Gasteiger partial charge >= 0.3 is 0 Å². The van der Waals surface area contributed by atoms with Gasteiger partial charge in [0.1, 0.15) is 11.3 Å². The molecule has 0 fully saturated rings. The Labute approximate surface area is 224 Å². The minimum Gasteiger partial charge on any atom is -0.508 e. The van der Waals surface area contributed by atoms with E-state index >= 15 is 0 Å². The molecule has 1 aromatic heterocycles. The number of ketones is 2. The summed E-state index contributed by atoms with van der Waals surface area (Å²) in [4.78, 5) is 28.4. The van der Waals surface area contributed by atoms with Crippen LogP contribution in [0, 0.1) is 11.8 Å². The molecule has 0 saturated heterocycles. The van der Waals surface area contributed by atoms with Crippen molar-refractivity contribution in [2.45, 2.75) is 83.2 Å². The normalized spacial score (nSPS) is 27.0. The van der Waals surface area contributed by atoms with Crippen molar-refractivity contribution >= 4 is 19.9 Å². The fraction of sp³-hybridized carbons (Fsp3) is 0.552. The first kappa shape index (κ1) is 26.8. The Kier molecular flexibility index (Phi) is 6.48. The fourth-order valence-corrected chi connectivity index (χ4v) is 7.33.